The van der Waals surface area contributed by atoms with Crippen molar-refractivity contribution in [3.8, 4) is 11.1 Å². The van der Waals surface area contributed by atoms with Crippen LogP contribution >= 0.6 is 0 Å². The lowest BCUT2D eigenvalue weighted by Crippen LogP contribution is -2.23. The third-order valence-corrected chi connectivity index (χ3v) is 5.42. The maximum atomic E-state index is 12.5. The van der Waals surface area contributed by atoms with Crippen LogP contribution in [0, 0.1) is 0 Å². The summed E-state index contributed by atoms with van der Waals surface area (Å²) < 4.78 is 5.31. The quantitative estimate of drug-likeness (QED) is 0.360. The number of ketones is 1. The zero-order chi connectivity index (χ0) is 23.8. The van der Waals surface area contributed by atoms with Crippen molar-refractivity contribution in [2.75, 3.05) is 5.73 Å². The van der Waals surface area contributed by atoms with Crippen LogP contribution in [0.25, 0.3) is 11.1 Å². The third kappa shape index (κ3) is 6.07. The Hall–Kier alpha value is -4.45. The fraction of sp³-hybridized carbons (Fsp3) is 0.107. The van der Waals surface area contributed by atoms with Crippen LogP contribution in [-0.4, -0.2) is 16.9 Å². The molecule has 0 saturated heterocycles. The molecule has 3 aromatic carbocycles. The number of hydrogen-bond acceptors (Lipinski definition) is 5. The van der Waals surface area contributed by atoms with Gasteiger partial charge in [-0.05, 0) is 28.3 Å². The van der Waals surface area contributed by atoms with Gasteiger partial charge in [0.1, 0.15) is 12.4 Å². The standard InChI is InChI=1S/C28H25N3O3/c29-27-25(7-4-16-30-27)17-26(32)24-14-8-20(9-15-24)18-31-28(33)34-19-21-10-12-23(13-11-21)22-5-2-1-3-6-22/h1-16H,17-19H2,(H2,29,30)(H,31,33). The largest absolute Gasteiger partial charge is 0.445 e. The normalized spacial score (nSPS) is 10.5. The van der Waals surface area contributed by atoms with Gasteiger partial charge >= 0.3 is 6.09 Å². The number of pyridine rings is 1. The Bertz CT molecular complexity index is 1250. The molecule has 1 aromatic heterocycles. The number of carbonyl (C=O) groups excluding carboxylic acids is 2. The van der Waals surface area contributed by atoms with Gasteiger partial charge in [-0.15, -0.1) is 0 Å². The first kappa shape index (κ1) is 22.7. The van der Waals surface area contributed by atoms with E-state index < -0.39 is 6.09 Å². The molecule has 0 aliphatic carbocycles. The van der Waals surface area contributed by atoms with Gasteiger partial charge in [0.05, 0.1) is 0 Å². The fourth-order valence-electron chi connectivity index (χ4n) is 3.48. The average molecular weight is 452 g/mol. The summed E-state index contributed by atoms with van der Waals surface area (Å²) in [5.74, 6) is 0.319. The number of amides is 1. The van der Waals surface area contributed by atoms with Crippen LogP contribution in [0.15, 0.2) is 97.2 Å². The Labute approximate surface area is 198 Å². The Morgan fingerprint density at radius 3 is 2.18 bits per heavy atom. The number of carbonyl (C=O) groups is 2. The number of benzene rings is 3. The molecular weight excluding hydrogens is 426 g/mol. The molecule has 0 fully saturated rings. The first-order chi connectivity index (χ1) is 16.6. The van der Waals surface area contributed by atoms with Crippen LogP contribution in [0.4, 0.5) is 10.6 Å². The van der Waals surface area contributed by atoms with Crippen LogP contribution in [0.5, 0.6) is 0 Å². The van der Waals surface area contributed by atoms with E-state index in [-0.39, 0.29) is 18.8 Å². The number of rotatable bonds is 8. The molecule has 0 aliphatic rings. The smallest absolute Gasteiger partial charge is 0.407 e. The van der Waals surface area contributed by atoms with E-state index >= 15 is 0 Å². The molecule has 0 atom stereocenters. The van der Waals surface area contributed by atoms with E-state index in [4.69, 9.17) is 10.5 Å². The van der Waals surface area contributed by atoms with Crippen molar-refractivity contribution in [2.24, 2.45) is 0 Å². The van der Waals surface area contributed by atoms with Crippen molar-refractivity contribution < 1.29 is 14.3 Å². The average Bonchev–Trinajstić information content (AvgIpc) is 2.88. The van der Waals surface area contributed by atoms with Gasteiger partial charge < -0.3 is 15.8 Å². The number of Topliss-reactive ketones (excluding diaryl/α,β-unsaturated/α-hetero) is 1. The molecule has 0 spiro atoms. The minimum absolute atomic E-state index is 0.0445. The summed E-state index contributed by atoms with van der Waals surface area (Å²) in [5.41, 5.74) is 11.1. The second kappa shape index (κ2) is 10.9. The van der Waals surface area contributed by atoms with Crippen molar-refractivity contribution >= 4 is 17.7 Å². The van der Waals surface area contributed by atoms with Gasteiger partial charge in [0.25, 0.3) is 0 Å². The SMILES string of the molecule is Nc1ncccc1CC(=O)c1ccc(CNC(=O)OCc2ccc(-c3ccccc3)cc2)cc1. The van der Waals surface area contributed by atoms with E-state index in [1.807, 2.05) is 54.6 Å². The highest BCUT2D eigenvalue weighted by atomic mass is 16.5. The number of ether oxygens (including phenoxy) is 1. The Morgan fingerprint density at radius 2 is 1.47 bits per heavy atom. The molecule has 0 bridgehead atoms. The topological polar surface area (TPSA) is 94.3 Å². The molecule has 1 heterocycles. The Balaban J connectivity index is 1.23. The van der Waals surface area contributed by atoms with Gasteiger partial charge in [0.2, 0.25) is 0 Å². The second-order valence-electron chi connectivity index (χ2n) is 7.84. The molecule has 0 aliphatic heterocycles. The summed E-state index contributed by atoms with van der Waals surface area (Å²) in [6.45, 7) is 0.488. The van der Waals surface area contributed by atoms with Crippen molar-refractivity contribution in [1.82, 2.24) is 10.3 Å². The molecule has 34 heavy (non-hydrogen) atoms. The molecule has 0 radical (unpaired) electrons. The molecule has 0 saturated carbocycles. The van der Waals surface area contributed by atoms with Crippen molar-refractivity contribution in [3.05, 3.63) is 119 Å². The number of hydrogen-bond donors (Lipinski definition) is 2. The lowest BCUT2D eigenvalue weighted by Gasteiger charge is -2.09. The first-order valence-corrected chi connectivity index (χ1v) is 10.9. The number of nitrogens with two attached hydrogens (primary N) is 1. The lowest BCUT2D eigenvalue weighted by molar-refractivity contribution is 0.0993. The van der Waals surface area contributed by atoms with Gasteiger partial charge in [-0.3, -0.25) is 4.79 Å². The number of anilines is 1. The van der Waals surface area contributed by atoms with Crippen LogP contribution in [0.3, 0.4) is 0 Å². The van der Waals surface area contributed by atoms with E-state index in [9.17, 15) is 9.59 Å². The van der Waals surface area contributed by atoms with Gasteiger partial charge in [-0.2, -0.15) is 0 Å². The summed E-state index contributed by atoms with van der Waals surface area (Å²) in [6.07, 6.45) is 1.28. The Kier molecular flexibility index (Phi) is 7.30. The summed E-state index contributed by atoms with van der Waals surface area (Å²) in [6, 6.07) is 28.7. The van der Waals surface area contributed by atoms with Gasteiger partial charge in [0, 0.05) is 30.3 Å². The van der Waals surface area contributed by atoms with Crippen LogP contribution in [0.2, 0.25) is 0 Å². The van der Waals surface area contributed by atoms with E-state index in [1.165, 1.54) is 0 Å². The van der Waals surface area contributed by atoms with E-state index in [1.54, 1.807) is 30.5 Å². The predicted octanol–water partition coefficient (Wildman–Crippen LogP) is 5.18. The number of alkyl carbamates (subject to hydrolysis) is 1. The zero-order valence-electron chi connectivity index (χ0n) is 18.6. The van der Waals surface area contributed by atoms with Gasteiger partial charge in [0.15, 0.2) is 5.78 Å². The highest BCUT2D eigenvalue weighted by Gasteiger charge is 2.10. The fourth-order valence-corrected chi connectivity index (χ4v) is 3.48. The third-order valence-electron chi connectivity index (χ3n) is 5.42. The monoisotopic (exact) mass is 451 g/mol. The molecule has 0 unspecified atom stereocenters. The molecular formula is C28H25N3O3. The van der Waals surface area contributed by atoms with Gasteiger partial charge in [-0.1, -0.05) is 84.9 Å². The second-order valence-corrected chi connectivity index (χ2v) is 7.84. The molecule has 170 valence electrons. The van der Waals surface area contributed by atoms with E-state index in [2.05, 4.69) is 22.4 Å². The summed E-state index contributed by atoms with van der Waals surface area (Å²) in [4.78, 5) is 28.6. The highest BCUT2D eigenvalue weighted by Crippen LogP contribution is 2.19. The van der Waals surface area contributed by atoms with Crippen molar-refractivity contribution in [2.45, 2.75) is 19.6 Å². The van der Waals surface area contributed by atoms with Crippen LogP contribution < -0.4 is 11.1 Å². The molecule has 4 rings (SSSR count). The molecule has 1 amide bonds. The lowest BCUT2D eigenvalue weighted by atomic mass is 10.0. The highest BCUT2D eigenvalue weighted by molar-refractivity contribution is 5.98. The van der Waals surface area contributed by atoms with Gasteiger partial charge in [-0.25, -0.2) is 9.78 Å². The maximum absolute atomic E-state index is 12.5. The molecule has 6 nitrogen and oxygen atoms in total. The van der Waals surface area contributed by atoms with Crippen molar-refractivity contribution in [1.29, 1.82) is 0 Å². The Morgan fingerprint density at radius 1 is 0.794 bits per heavy atom. The zero-order valence-corrected chi connectivity index (χ0v) is 18.6. The maximum Gasteiger partial charge on any atom is 0.407 e. The molecule has 3 N–H and O–H groups in total. The summed E-state index contributed by atoms with van der Waals surface area (Å²) in [7, 11) is 0. The van der Waals surface area contributed by atoms with Crippen LogP contribution in [-0.2, 0) is 24.3 Å². The summed E-state index contributed by atoms with van der Waals surface area (Å²) in [5, 5.41) is 2.73. The predicted molar refractivity (Wildman–Crippen MR) is 132 cm³/mol. The van der Waals surface area contributed by atoms with E-state index in [0.717, 1.165) is 22.3 Å². The van der Waals surface area contributed by atoms with Crippen molar-refractivity contribution in [3.63, 3.8) is 0 Å². The number of nitrogens with zero attached hydrogens (tertiary/aromatic N) is 1. The van der Waals surface area contributed by atoms with Crippen LogP contribution in [0.1, 0.15) is 27.0 Å². The first-order valence-electron chi connectivity index (χ1n) is 10.9. The van der Waals surface area contributed by atoms with E-state index in [0.29, 0.717) is 23.5 Å². The number of nitrogens with one attached hydrogen (secondary N) is 1. The minimum Gasteiger partial charge on any atom is -0.445 e. The summed E-state index contributed by atoms with van der Waals surface area (Å²) >= 11 is 0. The molecule has 4 aromatic rings. The number of nitrogen functional groups attached to an aromatic ring is 1. The minimum atomic E-state index is -0.501. The number of aromatic nitrogens is 1. The molecule has 6 heteroatoms.